The topological polar surface area (TPSA) is 124 Å². The quantitative estimate of drug-likeness (QED) is 0.400. The molecule has 8 nitrogen and oxygen atoms in total. The molecule has 0 bridgehead atoms. The summed E-state index contributed by atoms with van der Waals surface area (Å²) in [6.45, 7) is 0. The third kappa shape index (κ3) is 3.45. The van der Waals surface area contributed by atoms with E-state index in [2.05, 4.69) is 15.3 Å². The number of nitrogens with zero attached hydrogens (tertiary/aromatic N) is 3. The molecule has 0 amide bonds. The molecular formula is C17H12ClN5O3. The van der Waals surface area contributed by atoms with E-state index in [9.17, 15) is 14.9 Å². The Morgan fingerprint density at radius 3 is 2.58 bits per heavy atom. The number of anilines is 3. The van der Waals surface area contributed by atoms with Gasteiger partial charge in [0.25, 0.3) is 0 Å². The van der Waals surface area contributed by atoms with Crippen LogP contribution in [0.3, 0.4) is 0 Å². The minimum Gasteiger partial charge on any atom is -0.378 e. The van der Waals surface area contributed by atoms with Crippen molar-refractivity contribution in [2.75, 3.05) is 11.1 Å². The van der Waals surface area contributed by atoms with Gasteiger partial charge in [-0.2, -0.15) is 0 Å². The van der Waals surface area contributed by atoms with Crippen LogP contribution in [0.2, 0.25) is 5.02 Å². The molecule has 0 aliphatic carbocycles. The summed E-state index contributed by atoms with van der Waals surface area (Å²) in [6, 6.07) is 13.2. The molecule has 0 aliphatic heterocycles. The molecule has 26 heavy (non-hydrogen) atoms. The van der Waals surface area contributed by atoms with Gasteiger partial charge in [-0.15, -0.1) is 0 Å². The average molecular weight is 370 g/mol. The molecule has 0 aliphatic rings. The van der Waals surface area contributed by atoms with Crippen molar-refractivity contribution in [3.63, 3.8) is 0 Å². The van der Waals surface area contributed by atoms with E-state index in [0.29, 0.717) is 16.3 Å². The van der Waals surface area contributed by atoms with E-state index < -0.39 is 10.6 Å². The molecule has 0 radical (unpaired) electrons. The van der Waals surface area contributed by atoms with Gasteiger partial charge in [0, 0.05) is 16.1 Å². The number of ketones is 1. The van der Waals surface area contributed by atoms with Gasteiger partial charge in [0.2, 0.25) is 11.6 Å². The molecule has 0 spiro atoms. The first-order chi connectivity index (χ1) is 12.5. The van der Waals surface area contributed by atoms with Gasteiger partial charge in [-0.05, 0) is 18.2 Å². The molecule has 9 heteroatoms. The van der Waals surface area contributed by atoms with Crippen molar-refractivity contribution in [2.45, 2.75) is 0 Å². The van der Waals surface area contributed by atoms with Crippen molar-refractivity contribution in [1.29, 1.82) is 0 Å². The number of nitrogens with one attached hydrogen (secondary N) is 1. The molecule has 0 saturated carbocycles. The second kappa shape index (κ2) is 7.16. The molecule has 0 fully saturated rings. The van der Waals surface area contributed by atoms with Gasteiger partial charge in [0.15, 0.2) is 5.78 Å². The minimum absolute atomic E-state index is 0.119. The first-order valence-corrected chi connectivity index (χ1v) is 7.76. The highest BCUT2D eigenvalue weighted by Crippen LogP contribution is 2.32. The fourth-order valence-corrected chi connectivity index (χ4v) is 2.52. The van der Waals surface area contributed by atoms with Crippen molar-refractivity contribution in [3.05, 3.63) is 81.1 Å². The van der Waals surface area contributed by atoms with Crippen molar-refractivity contribution in [1.82, 2.24) is 9.97 Å². The van der Waals surface area contributed by atoms with E-state index in [-0.39, 0.29) is 23.0 Å². The molecule has 0 saturated heterocycles. The average Bonchev–Trinajstić information content (AvgIpc) is 2.63. The molecule has 0 atom stereocenters. The zero-order valence-corrected chi connectivity index (χ0v) is 14.0. The lowest BCUT2D eigenvalue weighted by molar-refractivity contribution is -0.383. The number of aromatic nitrogens is 2. The first kappa shape index (κ1) is 17.3. The lowest BCUT2D eigenvalue weighted by atomic mass is 10.0. The van der Waals surface area contributed by atoms with Crippen molar-refractivity contribution in [2.24, 2.45) is 0 Å². The van der Waals surface area contributed by atoms with E-state index in [0.717, 1.165) is 6.33 Å². The normalized spacial score (nSPS) is 10.3. The lowest BCUT2D eigenvalue weighted by Gasteiger charge is -2.12. The predicted molar refractivity (Wildman–Crippen MR) is 97.7 cm³/mol. The maximum Gasteiger partial charge on any atom is 0.353 e. The standard InChI is InChI=1S/C17H12ClN5O3/c18-11-6-7-13(12(8-11)15(24)10-4-2-1-3-5-10)22-17-14(23(25)26)16(19)20-9-21-17/h1-9H,(H3,19,20,21,22). The molecule has 130 valence electrons. The van der Waals surface area contributed by atoms with Gasteiger partial charge in [-0.25, -0.2) is 9.97 Å². The van der Waals surface area contributed by atoms with Crippen LogP contribution < -0.4 is 11.1 Å². The molecule has 0 unspecified atom stereocenters. The lowest BCUT2D eigenvalue weighted by Crippen LogP contribution is -2.09. The van der Waals surface area contributed by atoms with E-state index in [1.165, 1.54) is 6.07 Å². The number of nitro groups is 1. The second-order valence-corrected chi connectivity index (χ2v) is 5.66. The highest BCUT2D eigenvalue weighted by molar-refractivity contribution is 6.31. The summed E-state index contributed by atoms with van der Waals surface area (Å²) in [7, 11) is 0. The Morgan fingerprint density at radius 1 is 1.15 bits per heavy atom. The summed E-state index contributed by atoms with van der Waals surface area (Å²) in [5.74, 6) is -0.690. The van der Waals surface area contributed by atoms with Gasteiger partial charge in [-0.3, -0.25) is 14.9 Å². The van der Waals surface area contributed by atoms with Crippen LogP contribution in [0, 0.1) is 10.1 Å². The molecule has 3 N–H and O–H groups in total. The molecule has 3 aromatic rings. The van der Waals surface area contributed by atoms with Crippen LogP contribution in [0.25, 0.3) is 0 Å². The Labute approximate surface area is 152 Å². The number of carbonyl (C=O) groups is 1. The maximum atomic E-state index is 12.8. The van der Waals surface area contributed by atoms with E-state index >= 15 is 0 Å². The Kier molecular flexibility index (Phi) is 4.76. The molecule has 1 heterocycles. The highest BCUT2D eigenvalue weighted by atomic mass is 35.5. The van der Waals surface area contributed by atoms with Crippen LogP contribution >= 0.6 is 11.6 Å². The summed E-state index contributed by atoms with van der Waals surface area (Å²) in [6.07, 6.45) is 1.10. The summed E-state index contributed by atoms with van der Waals surface area (Å²) < 4.78 is 0. The van der Waals surface area contributed by atoms with E-state index in [4.69, 9.17) is 17.3 Å². The summed E-state index contributed by atoms with van der Waals surface area (Å²) in [5, 5.41) is 14.4. The molecule has 2 aromatic carbocycles. The van der Waals surface area contributed by atoms with Crippen molar-refractivity contribution in [3.8, 4) is 0 Å². The summed E-state index contributed by atoms with van der Waals surface area (Å²) in [4.78, 5) is 30.8. The smallest absolute Gasteiger partial charge is 0.353 e. The van der Waals surface area contributed by atoms with Gasteiger partial charge in [-0.1, -0.05) is 41.9 Å². The monoisotopic (exact) mass is 369 g/mol. The summed E-state index contributed by atoms with van der Waals surface area (Å²) >= 11 is 6.02. The number of hydrogen-bond acceptors (Lipinski definition) is 7. The minimum atomic E-state index is -0.688. The Hall–Kier alpha value is -3.52. The zero-order valence-electron chi connectivity index (χ0n) is 13.2. The van der Waals surface area contributed by atoms with Crippen LogP contribution in [0.15, 0.2) is 54.9 Å². The van der Waals surface area contributed by atoms with Crippen molar-refractivity contribution >= 4 is 40.4 Å². The Bertz CT molecular complexity index is 995. The fourth-order valence-electron chi connectivity index (χ4n) is 2.35. The number of hydrogen-bond donors (Lipinski definition) is 2. The van der Waals surface area contributed by atoms with Crippen LogP contribution in [0.1, 0.15) is 15.9 Å². The van der Waals surface area contributed by atoms with Crippen LogP contribution in [0.5, 0.6) is 0 Å². The number of nitrogen functional groups attached to an aromatic ring is 1. The maximum absolute atomic E-state index is 12.8. The first-order valence-electron chi connectivity index (χ1n) is 7.38. The van der Waals surface area contributed by atoms with E-state index in [1.807, 2.05) is 0 Å². The number of halogens is 1. The molecule has 3 rings (SSSR count). The van der Waals surface area contributed by atoms with Crippen LogP contribution in [-0.2, 0) is 0 Å². The van der Waals surface area contributed by atoms with Gasteiger partial charge in [0.1, 0.15) is 6.33 Å². The Morgan fingerprint density at radius 2 is 1.88 bits per heavy atom. The number of benzene rings is 2. The van der Waals surface area contributed by atoms with Crippen LogP contribution in [-0.4, -0.2) is 20.7 Å². The highest BCUT2D eigenvalue weighted by Gasteiger charge is 2.23. The van der Waals surface area contributed by atoms with E-state index in [1.54, 1.807) is 42.5 Å². The van der Waals surface area contributed by atoms with Crippen molar-refractivity contribution < 1.29 is 9.72 Å². The van der Waals surface area contributed by atoms with Gasteiger partial charge in [0.05, 0.1) is 10.6 Å². The van der Waals surface area contributed by atoms with Gasteiger partial charge < -0.3 is 11.1 Å². The second-order valence-electron chi connectivity index (χ2n) is 5.22. The number of nitrogens with two attached hydrogens (primary N) is 1. The SMILES string of the molecule is Nc1ncnc(Nc2ccc(Cl)cc2C(=O)c2ccccc2)c1[N+](=O)[O-]. The van der Waals surface area contributed by atoms with Gasteiger partial charge >= 0.3 is 5.69 Å². The number of rotatable bonds is 5. The predicted octanol–water partition coefficient (Wildman–Crippen LogP) is 3.60. The molecular weight excluding hydrogens is 358 g/mol. The molecule has 1 aromatic heterocycles. The largest absolute Gasteiger partial charge is 0.378 e. The number of carbonyl (C=O) groups excluding carboxylic acids is 1. The summed E-state index contributed by atoms with van der Waals surface area (Å²) in [5.41, 5.74) is 6.10. The zero-order chi connectivity index (χ0) is 18.7. The Balaban J connectivity index is 2.07. The fraction of sp³-hybridized carbons (Fsp3) is 0. The van der Waals surface area contributed by atoms with Crippen LogP contribution in [0.4, 0.5) is 23.0 Å². The third-order valence-electron chi connectivity index (χ3n) is 3.55. The third-order valence-corrected chi connectivity index (χ3v) is 3.78.